The van der Waals surface area contributed by atoms with Gasteiger partial charge in [-0.05, 0) is 52.6 Å². The van der Waals surface area contributed by atoms with Crippen LogP contribution in [0.4, 0.5) is 0 Å². The second-order valence-corrected chi connectivity index (χ2v) is 14.1. The summed E-state index contributed by atoms with van der Waals surface area (Å²) in [5.41, 5.74) is 4.99. The third-order valence-electron chi connectivity index (χ3n) is 5.83. The molecule has 0 aliphatic rings. The summed E-state index contributed by atoms with van der Waals surface area (Å²) in [4.78, 5) is 9.05. The van der Waals surface area contributed by atoms with Crippen molar-refractivity contribution >= 4 is 30.9 Å². The molecular formula is C21H28ClN3Si. The lowest BCUT2D eigenvalue weighted by Crippen LogP contribution is -2.51. The van der Waals surface area contributed by atoms with Crippen molar-refractivity contribution in [3.05, 3.63) is 48.0 Å². The zero-order valence-electron chi connectivity index (χ0n) is 16.5. The van der Waals surface area contributed by atoms with Gasteiger partial charge < -0.3 is 4.23 Å². The Hall–Kier alpha value is -1.65. The summed E-state index contributed by atoms with van der Waals surface area (Å²) in [6.45, 7) is 14.2. The molecule has 0 radical (unpaired) electrons. The molecule has 0 amide bonds. The topological polar surface area (TPSA) is 30.7 Å². The molecule has 3 aromatic rings. The summed E-state index contributed by atoms with van der Waals surface area (Å²) in [5, 5.41) is 1.69. The second-order valence-electron chi connectivity index (χ2n) is 7.97. The summed E-state index contributed by atoms with van der Waals surface area (Å²) in [6.07, 6.45) is 5.89. The molecule has 0 fully saturated rings. The average molecular weight is 386 g/mol. The van der Waals surface area contributed by atoms with E-state index < -0.39 is 8.24 Å². The van der Waals surface area contributed by atoms with Crippen LogP contribution in [0.15, 0.2) is 42.9 Å². The minimum Gasteiger partial charge on any atom is -0.359 e. The van der Waals surface area contributed by atoms with Crippen molar-refractivity contribution in [2.45, 2.75) is 58.2 Å². The molecule has 0 aliphatic heterocycles. The summed E-state index contributed by atoms with van der Waals surface area (Å²) in [6, 6.07) is 8.20. The van der Waals surface area contributed by atoms with Gasteiger partial charge in [0.2, 0.25) is 0 Å². The van der Waals surface area contributed by atoms with E-state index in [1.807, 2.05) is 24.4 Å². The van der Waals surface area contributed by atoms with Crippen molar-refractivity contribution in [1.82, 2.24) is 14.2 Å². The third kappa shape index (κ3) is 2.80. The summed E-state index contributed by atoms with van der Waals surface area (Å²) in [7, 11) is -1.85. The van der Waals surface area contributed by atoms with Crippen molar-refractivity contribution in [2.24, 2.45) is 0 Å². The third-order valence-corrected chi connectivity index (χ3v) is 12.9. The monoisotopic (exact) mass is 385 g/mol. The van der Waals surface area contributed by atoms with E-state index in [-0.39, 0.29) is 0 Å². The number of aromatic nitrogens is 3. The van der Waals surface area contributed by atoms with Crippen LogP contribution in [0.2, 0.25) is 21.8 Å². The van der Waals surface area contributed by atoms with Gasteiger partial charge in [-0.25, -0.2) is 9.97 Å². The van der Waals surface area contributed by atoms with Gasteiger partial charge in [0.15, 0.2) is 8.24 Å². The zero-order valence-corrected chi connectivity index (χ0v) is 18.2. The number of pyridine rings is 2. The Bertz CT molecular complexity index is 893. The largest absolute Gasteiger partial charge is 0.359 e. The quantitative estimate of drug-likeness (QED) is 0.358. The second kappa shape index (κ2) is 7.16. The Morgan fingerprint density at radius 3 is 2.08 bits per heavy atom. The van der Waals surface area contributed by atoms with Gasteiger partial charge >= 0.3 is 0 Å². The molecule has 0 aromatic carbocycles. The average Bonchev–Trinajstić information content (AvgIpc) is 2.99. The van der Waals surface area contributed by atoms with Crippen molar-refractivity contribution in [2.75, 3.05) is 0 Å². The van der Waals surface area contributed by atoms with Crippen LogP contribution in [0, 0.1) is 0 Å². The van der Waals surface area contributed by atoms with Gasteiger partial charge in [-0.1, -0.05) is 53.1 Å². The smallest absolute Gasteiger partial charge is 0.171 e. The first kappa shape index (κ1) is 19.1. The number of fused-ring (bicyclic) bond motifs is 1. The van der Waals surface area contributed by atoms with Crippen molar-refractivity contribution in [1.29, 1.82) is 0 Å². The van der Waals surface area contributed by atoms with Gasteiger partial charge in [-0.3, -0.25) is 0 Å². The van der Waals surface area contributed by atoms with E-state index >= 15 is 0 Å². The summed E-state index contributed by atoms with van der Waals surface area (Å²) in [5.74, 6) is 0. The van der Waals surface area contributed by atoms with Crippen LogP contribution < -0.4 is 0 Å². The molecule has 0 saturated carbocycles. The first-order chi connectivity index (χ1) is 12.3. The van der Waals surface area contributed by atoms with Crippen LogP contribution in [0.1, 0.15) is 41.5 Å². The van der Waals surface area contributed by atoms with Crippen LogP contribution in [0.25, 0.3) is 22.2 Å². The van der Waals surface area contributed by atoms with E-state index in [0.717, 1.165) is 22.2 Å². The Morgan fingerprint density at radius 2 is 1.50 bits per heavy atom. The van der Waals surface area contributed by atoms with Crippen LogP contribution in [0.5, 0.6) is 0 Å². The maximum Gasteiger partial charge on any atom is 0.171 e. The van der Waals surface area contributed by atoms with Crippen LogP contribution in [-0.2, 0) is 0 Å². The first-order valence-electron chi connectivity index (χ1n) is 9.39. The molecule has 0 saturated heterocycles. The normalized spacial score (nSPS) is 12.7. The highest BCUT2D eigenvalue weighted by Gasteiger charge is 2.46. The van der Waals surface area contributed by atoms with E-state index in [1.165, 1.54) is 0 Å². The number of halogens is 1. The minimum atomic E-state index is -1.85. The molecule has 0 unspecified atom stereocenters. The molecule has 3 rings (SSSR count). The van der Waals surface area contributed by atoms with Gasteiger partial charge in [0.1, 0.15) is 10.8 Å². The lowest BCUT2D eigenvalue weighted by atomic mass is 10.1. The predicted molar refractivity (Wildman–Crippen MR) is 114 cm³/mol. The Balaban J connectivity index is 2.31. The van der Waals surface area contributed by atoms with Gasteiger partial charge in [0, 0.05) is 23.3 Å². The predicted octanol–water partition coefficient (Wildman–Crippen LogP) is 6.78. The van der Waals surface area contributed by atoms with E-state index in [2.05, 4.69) is 63.0 Å². The molecule has 3 aromatic heterocycles. The van der Waals surface area contributed by atoms with Crippen LogP contribution in [0.3, 0.4) is 0 Å². The maximum absolute atomic E-state index is 6.38. The van der Waals surface area contributed by atoms with Gasteiger partial charge in [-0.15, -0.1) is 0 Å². The molecule has 0 N–H and O–H groups in total. The van der Waals surface area contributed by atoms with E-state index in [9.17, 15) is 0 Å². The number of rotatable bonds is 5. The summed E-state index contributed by atoms with van der Waals surface area (Å²) >= 11 is 6.38. The molecule has 5 heteroatoms. The van der Waals surface area contributed by atoms with E-state index in [1.54, 1.807) is 6.20 Å². The molecule has 3 nitrogen and oxygen atoms in total. The number of nitrogens with zero attached hydrogens (tertiary/aromatic N) is 3. The Labute approximate surface area is 162 Å². The van der Waals surface area contributed by atoms with Crippen molar-refractivity contribution < 1.29 is 0 Å². The molecule has 3 heterocycles. The molecule has 0 atom stereocenters. The molecule has 138 valence electrons. The standard InChI is InChI=1S/C21H28ClN3Si/c1-14(2)26(15(3)4,16(5)6)25-13-10-19-17(9-12-24-21(19)25)18-8-7-11-23-20(18)22/h7-16H,1-6H3. The van der Waals surface area contributed by atoms with Gasteiger partial charge in [-0.2, -0.15) is 0 Å². The van der Waals surface area contributed by atoms with Gasteiger partial charge in [0.05, 0.1) is 0 Å². The fourth-order valence-electron chi connectivity index (χ4n) is 5.01. The highest BCUT2D eigenvalue weighted by Crippen LogP contribution is 2.44. The minimum absolute atomic E-state index is 0.535. The molecular weight excluding hydrogens is 358 g/mol. The first-order valence-corrected chi connectivity index (χ1v) is 11.9. The van der Waals surface area contributed by atoms with Crippen LogP contribution in [-0.4, -0.2) is 22.4 Å². The molecule has 26 heavy (non-hydrogen) atoms. The lowest BCUT2D eigenvalue weighted by Gasteiger charge is -2.44. The van der Waals surface area contributed by atoms with Gasteiger partial charge in [0.25, 0.3) is 0 Å². The fraction of sp³-hybridized carbons (Fsp3) is 0.429. The summed E-state index contributed by atoms with van der Waals surface area (Å²) < 4.78 is 2.54. The SMILES string of the molecule is CC(C)[Si](C(C)C)(C(C)C)n1ccc2c(-c3cccnc3Cl)ccnc21. The molecule has 0 aliphatic carbocycles. The van der Waals surface area contributed by atoms with E-state index in [0.29, 0.717) is 21.8 Å². The lowest BCUT2D eigenvalue weighted by molar-refractivity contribution is 0.770. The number of hydrogen-bond acceptors (Lipinski definition) is 2. The Kier molecular flexibility index (Phi) is 5.27. The van der Waals surface area contributed by atoms with Crippen LogP contribution >= 0.6 is 11.6 Å². The van der Waals surface area contributed by atoms with E-state index in [4.69, 9.17) is 16.6 Å². The zero-order chi connectivity index (χ0) is 19.1. The number of hydrogen-bond donors (Lipinski definition) is 0. The highest BCUT2D eigenvalue weighted by atomic mass is 35.5. The highest BCUT2D eigenvalue weighted by molar-refractivity contribution is 6.82. The van der Waals surface area contributed by atoms with Crippen molar-refractivity contribution in [3.63, 3.8) is 0 Å². The molecule has 0 spiro atoms. The Morgan fingerprint density at radius 1 is 0.846 bits per heavy atom. The fourth-order valence-corrected chi connectivity index (χ4v) is 11.8. The van der Waals surface area contributed by atoms with Crippen molar-refractivity contribution in [3.8, 4) is 11.1 Å². The maximum atomic E-state index is 6.38. The molecule has 0 bridgehead atoms.